The van der Waals surface area contributed by atoms with Crippen molar-refractivity contribution in [3.63, 3.8) is 0 Å². The van der Waals surface area contributed by atoms with Crippen molar-refractivity contribution >= 4 is 17.6 Å². The molecule has 30 heavy (non-hydrogen) atoms. The van der Waals surface area contributed by atoms with Gasteiger partial charge in [-0.2, -0.15) is 0 Å². The minimum absolute atomic E-state index is 0.130. The lowest BCUT2D eigenvalue weighted by molar-refractivity contribution is 0.0448. The van der Waals surface area contributed by atoms with Crippen molar-refractivity contribution in [2.24, 2.45) is 0 Å². The van der Waals surface area contributed by atoms with Crippen LogP contribution in [0.5, 0.6) is 0 Å². The molecule has 0 atom stereocenters. The Bertz CT molecular complexity index is 820. The molecule has 0 spiro atoms. The van der Waals surface area contributed by atoms with Crippen molar-refractivity contribution in [1.29, 1.82) is 0 Å². The maximum Gasteiger partial charge on any atom is 0.256 e. The SMILES string of the molecule is O=C(Nc1ccccn1)c1ccc(C(=O)N(C2CCCCC2)C2CCCCC2)cc1. The molecule has 158 valence electrons. The quantitative estimate of drug-likeness (QED) is 0.720. The van der Waals surface area contributed by atoms with Crippen LogP contribution in [0.4, 0.5) is 5.82 Å². The summed E-state index contributed by atoms with van der Waals surface area (Å²) in [5, 5.41) is 2.79. The minimum Gasteiger partial charge on any atom is -0.333 e. The summed E-state index contributed by atoms with van der Waals surface area (Å²) in [6.07, 6.45) is 13.5. The molecular formula is C25H31N3O2. The summed E-state index contributed by atoms with van der Waals surface area (Å²) in [6, 6.07) is 13.2. The van der Waals surface area contributed by atoms with Crippen LogP contribution in [0.15, 0.2) is 48.7 Å². The fraction of sp³-hybridized carbons (Fsp3) is 0.480. The van der Waals surface area contributed by atoms with E-state index in [2.05, 4.69) is 15.2 Å². The second-order valence-corrected chi connectivity index (χ2v) is 8.54. The van der Waals surface area contributed by atoms with Crippen LogP contribution in [0.2, 0.25) is 0 Å². The summed E-state index contributed by atoms with van der Waals surface area (Å²) in [7, 11) is 0. The number of nitrogens with zero attached hydrogens (tertiary/aromatic N) is 2. The summed E-state index contributed by atoms with van der Waals surface area (Å²) in [5.74, 6) is 0.429. The van der Waals surface area contributed by atoms with E-state index in [4.69, 9.17) is 0 Å². The topological polar surface area (TPSA) is 62.3 Å². The molecule has 0 aliphatic heterocycles. The van der Waals surface area contributed by atoms with E-state index in [9.17, 15) is 9.59 Å². The first-order valence-electron chi connectivity index (χ1n) is 11.4. The number of aromatic nitrogens is 1. The summed E-state index contributed by atoms with van der Waals surface area (Å²) in [6.45, 7) is 0. The Morgan fingerprint density at radius 2 is 1.33 bits per heavy atom. The van der Waals surface area contributed by atoms with Gasteiger partial charge in [-0.15, -0.1) is 0 Å². The average Bonchev–Trinajstić information content (AvgIpc) is 2.81. The van der Waals surface area contributed by atoms with Crippen LogP contribution in [0.3, 0.4) is 0 Å². The molecule has 1 aromatic heterocycles. The van der Waals surface area contributed by atoms with Gasteiger partial charge in [0.15, 0.2) is 0 Å². The maximum atomic E-state index is 13.5. The first-order valence-corrected chi connectivity index (χ1v) is 11.4. The Hall–Kier alpha value is -2.69. The predicted octanol–water partition coefficient (Wildman–Crippen LogP) is 5.44. The molecule has 1 heterocycles. The molecule has 2 aliphatic carbocycles. The average molecular weight is 406 g/mol. The molecule has 0 radical (unpaired) electrons. The fourth-order valence-electron chi connectivity index (χ4n) is 4.89. The lowest BCUT2D eigenvalue weighted by Crippen LogP contribution is -2.48. The van der Waals surface area contributed by atoms with Gasteiger partial charge in [0.1, 0.15) is 5.82 Å². The molecule has 2 amide bonds. The molecule has 5 nitrogen and oxygen atoms in total. The zero-order valence-corrected chi connectivity index (χ0v) is 17.6. The zero-order valence-electron chi connectivity index (χ0n) is 17.6. The number of carbonyl (C=O) groups excluding carboxylic acids is 2. The van der Waals surface area contributed by atoms with Crippen molar-refractivity contribution in [3.8, 4) is 0 Å². The van der Waals surface area contributed by atoms with E-state index in [-0.39, 0.29) is 11.8 Å². The maximum absolute atomic E-state index is 13.5. The molecule has 2 fully saturated rings. The molecule has 1 aromatic carbocycles. The number of amides is 2. The van der Waals surface area contributed by atoms with E-state index in [1.54, 1.807) is 42.6 Å². The van der Waals surface area contributed by atoms with Gasteiger partial charge in [0.05, 0.1) is 0 Å². The van der Waals surface area contributed by atoms with Crippen LogP contribution in [0.1, 0.15) is 84.9 Å². The van der Waals surface area contributed by atoms with Gasteiger partial charge in [0.2, 0.25) is 0 Å². The molecular weight excluding hydrogens is 374 g/mol. The number of anilines is 1. The fourth-order valence-corrected chi connectivity index (χ4v) is 4.89. The van der Waals surface area contributed by atoms with Crippen molar-refractivity contribution in [1.82, 2.24) is 9.88 Å². The van der Waals surface area contributed by atoms with Crippen LogP contribution < -0.4 is 5.32 Å². The lowest BCUT2D eigenvalue weighted by atomic mass is 9.88. The number of nitrogens with one attached hydrogen (secondary N) is 1. The molecule has 5 heteroatoms. The van der Waals surface area contributed by atoms with Crippen LogP contribution >= 0.6 is 0 Å². The smallest absolute Gasteiger partial charge is 0.256 e. The van der Waals surface area contributed by atoms with Crippen molar-refractivity contribution in [2.45, 2.75) is 76.3 Å². The Labute approximate surface area is 178 Å². The highest BCUT2D eigenvalue weighted by molar-refractivity contribution is 6.04. The number of rotatable bonds is 5. The van der Waals surface area contributed by atoms with Crippen LogP contribution in [-0.2, 0) is 0 Å². The molecule has 2 aromatic rings. The first-order chi connectivity index (χ1) is 14.7. The predicted molar refractivity (Wildman–Crippen MR) is 119 cm³/mol. The summed E-state index contributed by atoms with van der Waals surface area (Å²) in [4.78, 5) is 32.3. The second kappa shape index (κ2) is 9.88. The normalized spacial score (nSPS) is 18.0. The second-order valence-electron chi connectivity index (χ2n) is 8.54. The van der Waals surface area contributed by atoms with Crippen LogP contribution in [-0.4, -0.2) is 33.8 Å². The van der Waals surface area contributed by atoms with E-state index in [0.29, 0.717) is 29.0 Å². The van der Waals surface area contributed by atoms with E-state index in [1.165, 1.54) is 38.5 Å². The van der Waals surface area contributed by atoms with Crippen molar-refractivity contribution < 1.29 is 9.59 Å². The van der Waals surface area contributed by atoms with Crippen molar-refractivity contribution in [3.05, 3.63) is 59.8 Å². The summed E-state index contributed by atoms with van der Waals surface area (Å²) < 4.78 is 0. The minimum atomic E-state index is -0.218. The number of hydrogen-bond donors (Lipinski definition) is 1. The Balaban J connectivity index is 1.49. The van der Waals surface area contributed by atoms with Crippen LogP contribution in [0, 0.1) is 0 Å². The summed E-state index contributed by atoms with van der Waals surface area (Å²) in [5.41, 5.74) is 1.21. The van der Waals surface area contributed by atoms with E-state index >= 15 is 0 Å². The third-order valence-electron chi connectivity index (χ3n) is 6.47. The van der Waals surface area contributed by atoms with Crippen LogP contribution in [0.25, 0.3) is 0 Å². The highest BCUT2D eigenvalue weighted by Crippen LogP contribution is 2.31. The Morgan fingerprint density at radius 1 is 0.767 bits per heavy atom. The summed E-state index contributed by atoms with van der Waals surface area (Å²) >= 11 is 0. The highest BCUT2D eigenvalue weighted by atomic mass is 16.2. The standard InChI is InChI=1S/C25H31N3O2/c29-24(27-23-13-7-8-18-26-23)19-14-16-20(17-15-19)25(30)28(21-9-3-1-4-10-21)22-11-5-2-6-12-22/h7-8,13-18,21-22H,1-6,9-12H2,(H,26,27,29). The number of benzene rings is 1. The molecule has 2 saturated carbocycles. The Morgan fingerprint density at radius 3 is 1.87 bits per heavy atom. The monoisotopic (exact) mass is 405 g/mol. The van der Waals surface area contributed by atoms with E-state index < -0.39 is 0 Å². The molecule has 0 bridgehead atoms. The van der Waals surface area contributed by atoms with E-state index in [1.807, 2.05) is 6.07 Å². The molecule has 2 aliphatic rings. The van der Waals surface area contributed by atoms with Gasteiger partial charge in [-0.05, 0) is 62.1 Å². The Kier molecular flexibility index (Phi) is 6.77. The highest BCUT2D eigenvalue weighted by Gasteiger charge is 2.33. The molecule has 1 N–H and O–H groups in total. The van der Waals surface area contributed by atoms with E-state index in [0.717, 1.165) is 25.7 Å². The van der Waals surface area contributed by atoms with Gasteiger partial charge in [-0.3, -0.25) is 9.59 Å². The van der Waals surface area contributed by atoms with Gasteiger partial charge < -0.3 is 10.2 Å². The van der Waals surface area contributed by atoms with Gasteiger partial charge in [0, 0.05) is 29.4 Å². The third-order valence-corrected chi connectivity index (χ3v) is 6.47. The van der Waals surface area contributed by atoms with Gasteiger partial charge in [0.25, 0.3) is 11.8 Å². The molecule has 0 unspecified atom stereocenters. The third kappa shape index (κ3) is 4.89. The number of carbonyl (C=O) groups is 2. The number of pyridine rings is 1. The van der Waals surface area contributed by atoms with Gasteiger partial charge >= 0.3 is 0 Å². The van der Waals surface area contributed by atoms with Crippen molar-refractivity contribution in [2.75, 3.05) is 5.32 Å². The largest absolute Gasteiger partial charge is 0.333 e. The molecule has 0 saturated heterocycles. The first kappa shape index (κ1) is 20.6. The van der Waals surface area contributed by atoms with Gasteiger partial charge in [-0.25, -0.2) is 4.98 Å². The lowest BCUT2D eigenvalue weighted by Gasteiger charge is -2.42. The molecule has 4 rings (SSSR count). The van der Waals surface area contributed by atoms with Gasteiger partial charge in [-0.1, -0.05) is 44.6 Å². The number of hydrogen-bond acceptors (Lipinski definition) is 3. The zero-order chi connectivity index (χ0) is 20.8.